The van der Waals surface area contributed by atoms with Gasteiger partial charge in [0.2, 0.25) is 0 Å². The molecular weight excluding hydrogens is 342 g/mol. The van der Waals surface area contributed by atoms with E-state index < -0.39 is 5.60 Å². The molecule has 0 saturated carbocycles. The third-order valence-corrected chi connectivity index (χ3v) is 5.14. The first-order valence-corrected chi connectivity index (χ1v) is 9.37. The van der Waals surface area contributed by atoms with E-state index in [9.17, 15) is 9.59 Å². The van der Waals surface area contributed by atoms with Crippen LogP contribution in [0.4, 0.5) is 0 Å². The second-order valence-electron chi connectivity index (χ2n) is 7.45. The van der Waals surface area contributed by atoms with Gasteiger partial charge in [-0.05, 0) is 57.0 Å². The lowest BCUT2D eigenvalue weighted by Crippen LogP contribution is -2.48. The number of amides is 1. The summed E-state index contributed by atoms with van der Waals surface area (Å²) >= 11 is 0. The molecule has 0 radical (unpaired) electrons. The zero-order valence-corrected chi connectivity index (χ0v) is 15.6. The fraction of sp³-hybridized carbons (Fsp3) is 0.364. The van der Waals surface area contributed by atoms with Crippen LogP contribution >= 0.6 is 0 Å². The Morgan fingerprint density at radius 1 is 1.15 bits per heavy atom. The minimum Gasteiger partial charge on any atom is -0.491 e. The zero-order valence-electron chi connectivity index (χ0n) is 15.6. The van der Waals surface area contributed by atoms with Crippen LogP contribution in [-0.4, -0.2) is 36.0 Å². The van der Waals surface area contributed by atoms with Crippen molar-refractivity contribution in [1.82, 2.24) is 4.90 Å². The fourth-order valence-corrected chi connectivity index (χ4v) is 3.98. The number of nitrogens with zero attached hydrogens (tertiary/aromatic N) is 1. The van der Waals surface area contributed by atoms with Crippen LogP contribution in [0.25, 0.3) is 0 Å². The topological polar surface area (TPSA) is 55.8 Å². The van der Waals surface area contributed by atoms with Gasteiger partial charge in [0, 0.05) is 17.7 Å². The molecule has 5 nitrogen and oxygen atoms in total. The summed E-state index contributed by atoms with van der Waals surface area (Å²) in [5, 5.41) is 0. The highest BCUT2D eigenvalue weighted by Crippen LogP contribution is 2.43. The number of piperidine rings is 1. The summed E-state index contributed by atoms with van der Waals surface area (Å²) in [6, 6.07) is 14.7. The molecule has 4 rings (SSSR count). The van der Waals surface area contributed by atoms with Crippen LogP contribution in [0.3, 0.4) is 0 Å². The van der Waals surface area contributed by atoms with Gasteiger partial charge in [-0.25, -0.2) is 4.79 Å². The van der Waals surface area contributed by atoms with Gasteiger partial charge >= 0.3 is 5.97 Å². The van der Waals surface area contributed by atoms with Crippen LogP contribution < -0.4 is 4.74 Å². The lowest BCUT2D eigenvalue weighted by atomic mass is 9.85. The molecule has 0 aliphatic carbocycles. The number of hydrogen-bond acceptors (Lipinski definition) is 4. The Labute approximate surface area is 158 Å². The van der Waals surface area contributed by atoms with Crippen molar-refractivity contribution in [3.05, 3.63) is 65.2 Å². The Kier molecular flexibility index (Phi) is 4.38. The number of benzene rings is 2. The van der Waals surface area contributed by atoms with Gasteiger partial charge in [0.25, 0.3) is 5.91 Å². The van der Waals surface area contributed by atoms with E-state index in [1.54, 1.807) is 23.1 Å². The Balaban J connectivity index is 1.55. The highest BCUT2D eigenvalue weighted by Gasteiger charge is 2.48. The molecule has 2 aliphatic rings. The van der Waals surface area contributed by atoms with E-state index in [0.29, 0.717) is 24.2 Å². The molecular formula is C22H23NO4. The smallest absolute Gasteiger partial charge is 0.339 e. The Morgan fingerprint density at radius 3 is 2.63 bits per heavy atom. The SMILES string of the molecule is CC(C)Oc1ccc(C(=O)N2CCCC3(C2)OC(=O)c2ccccc23)cc1. The molecule has 1 fully saturated rings. The first kappa shape index (κ1) is 17.6. The quantitative estimate of drug-likeness (QED) is 0.777. The molecule has 140 valence electrons. The number of carbonyl (C=O) groups excluding carboxylic acids is 2. The number of likely N-dealkylation sites (tertiary alicyclic amines) is 1. The third-order valence-electron chi connectivity index (χ3n) is 5.14. The average Bonchev–Trinajstić information content (AvgIpc) is 2.93. The largest absolute Gasteiger partial charge is 0.491 e. The first-order valence-electron chi connectivity index (χ1n) is 9.37. The number of esters is 1. The van der Waals surface area contributed by atoms with Crippen molar-refractivity contribution in [2.45, 2.75) is 38.4 Å². The maximum Gasteiger partial charge on any atom is 0.339 e. The van der Waals surface area contributed by atoms with Gasteiger partial charge in [0.05, 0.1) is 18.2 Å². The maximum absolute atomic E-state index is 13.0. The second kappa shape index (κ2) is 6.72. The highest BCUT2D eigenvalue weighted by molar-refractivity contribution is 5.96. The molecule has 1 amide bonds. The minimum absolute atomic E-state index is 0.0504. The predicted octanol–water partition coefficient (Wildman–Crippen LogP) is 3.78. The molecule has 0 N–H and O–H groups in total. The van der Waals surface area contributed by atoms with Crippen molar-refractivity contribution in [3.8, 4) is 5.75 Å². The highest BCUT2D eigenvalue weighted by atomic mass is 16.6. The van der Waals surface area contributed by atoms with Crippen molar-refractivity contribution < 1.29 is 19.1 Å². The van der Waals surface area contributed by atoms with E-state index in [1.165, 1.54) is 0 Å². The zero-order chi connectivity index (χ0) is 19.0. The van der Waals surface area contributed by atoms with E-state index in [4.69, 9.17) is 9.47 Å². The normalized spacial score (nSPS) is 21.3. The van der Waals surface area contributed by atoms with Gasteiger partial charge in [-0.1, -0.05) is 18.2 Å². The van der Waals surface area contributed by atoms with E-state index in [-0.39, 0.29) is 18.0 Å². The predicted molar refractivity (Wildman–Crippen MR) is 101 cm³/mol. The number of ether oxygens (including phenoxy) is 2. The summed E-state index contributed by atoms with van der Waals surface area (Å²) in [5.74, 6) is 0.399. The van der Waals surface area contributed by atoms with Gasteiger partial charge in [0.1, 0.15) is 5.75 Å². The molecule has 2 aromatic rings. The van der Waals surface area contributed by atoms with Crippen molar-refractivity contribution in [2.24, 2.45) is 0 Å². The summed E-state index contributed by atoms with van der Waals surface area (Å²) in [7, 11) is 0. The molecule has 1 saturated heterocycles. The first-order chi connectivity index (χ1) is 13.0. The molecule has 2 heterocycles. The van der Waals surface area contributed by atoms with Crippen molar-refractivity contribution in [2.75, 3.05) is 13.1 Å². The molecule has 0 bridgehead atoms. The van der Waals surface area contributed by atoms with E-state index in [1.807, 2.05) is 44.2 Å². The van der Waals surface area contributed by atoms with Crippen molar-refractivity contribution >= 4 is 11.9 Å². The molecule has 2 aliphatic heterocycles. The van der Waals surface area contributed by atoms with E-state index in [0.717, 1.165) is 24.2 Å². The van der Waals surface area contributed by atoms with Crippen LogP contribution in [0.5, 0.6) is 5.75 Å². The number of fused-ring (bicyclic) bond motifs is 2. The summed E-state index contributed by atoms with van der Waals surface area (Å²) < 4.78 is 11.4. The van der Waals surface area contributed by atoms with Crippen molar-refractivity contribution in [3.63, 3.8) is 0 Å². The Hall–Kier alpha value is -2.82. The average molecular weight is 365 g/mol. The minimum atomic E-state index is -0.720. The molecule has 2 aromatic carbocycles. The molecule has 1 spiro atoms. The maximum atomic E-state index is 13.0. The molecule has 1 atom stereocenters. The number of carbonyl (C=O) groups is 2. The monoisotopic (exact) mass is 365 g/mol. The summed E-state index contributed by atoms with van der Waals surface area (Å²) in [5.41, 5.74) is 1.40. The van der Waals surface area contributed by atoms with Crippen molar-refractivity contribution in [1.29, 1.82) is 0 Å². The molecule has 5 heteroatoms. The van der Waals surface area contributed by atoms with Gasteiger partial charge in [-0.15, -0.1) is 0 Å². The summed E-state index contributed by atoms with van der Waals surface area (Å²) in [6.07, 6.45) is 1.62. The van der Waals surface area contributed by atoms with Crippen LogP contribution in [0.1, 0.15) is 53.0 Å². The molecule has 0 aromatic heterocycles. The van der Waals surface area contributed by atoms with Gasteiger partial charge in [-0.2, -0.15) is 0 Å². The number of hydrogen-bond donors (Lipinski definition) is 0. The Morgan fingerprint density at radius 2 is 1.89 bits per heavy atom. The Bertz CT molecular complexity index is 874. The number of rotatable bonds is 3. The lowest BCUT2D eigenvalue weighted by molar-refractivity contribution is -0.0442. The van der Waals surface area contributed by atoms with Crippen LogP contribution in [-0.2, 0) is 10.3 Å². The van der Waals surface area contributed by atoms with E-state index in [2.05, 4.69) is 0 Å². The van der Waals surface area contributed by atoms with Gasteiger partial charge < -0.3 is 14.4 Å². The third kappa shape index (κ3) is 3.18. The fourth-order valence-electron chi connectivity index (χ4n) is 3.98. The van der Waals surface area contributed by atoms with Gasteiger partial charge in [0.15, 0.2) is 5.60 Å². The lowest BCUT2D eigenvalue weighted by Gasteiger charge is -2.39. The standard InChI is InChI=1S/C22H23NO4/c1-15(2)26-17-10-8-16(9-11-17)20(24)23-13-5-12-22(14-23)19-7-4-3-6-18(19)21(25)27-22/h3-4,6-11,15H,5,12-14H2,1-2H3. The van der Waals surface area contributed by atoms with Crippen LogP contribution in [0.15, 0.2) is 48.5 Å². The summed E-state index contributed by atoms with van der Waals surface area (Å²) in [4.78, 5) is 27.1. The van der Waals surface area contributed by atoms with Gasteiger partial charge in [-0.3, -0.25) is 4.79 Å². The second-order valence-corrected chi connectivity index (χ2v) is 7.45. The molecule has 27 heavy (non-hydrogen) atoms. The van der Waals surface area contributed by atoms with Crippen LogP contribution in [0.2, 0.25) is 0 Å². The van der Waals surface area contributed by atoms with E-state index >= 15 is 0 Å². The summed E-state index contributed by atoms with van der Waals surface area (Å²) in [6.45, 7) is 4.98. The van der Waals surface area contributed by atoms with Crippen LogP contribution in [0, 0.1) is 0 Å². The molecule has 1 unspecified atom stereocenters.